The average molecular weight is 327 g/mol. The van der Waals surface area contributed by atoms with Gasteiger partial charge in [-0.05, 0) is 29.8 Å². The largest absolute Gasteiger partial charge is 0.469 e. The number of rotatable bonds is 6. The van der Waals surface area contributed by atoms with Crippen molar-refractivity contribution in [2.75, 3.05) is 0 Å². The maximum Gasteiger partial charge on any atom is 0.221 e. The standard InChI is InChI=1S/C18H18FN3O2/c1-22-10-9-20-18(22)17(13-4-2-5-14(19)12-13)21-16(23)8-7-15-6-3-11-24-15/h2-6,9-12,17H,7-8H2,1H3,(H,21,23)/t17-/m1/s1. The Kier molecular flexibility index (Phi) is 4.74. The summed E-state index contributed by atoms with van der Waals surface area (Å²) in [6.45, 7) is 0. The van der Waals surface area contributed by atoms with Crippen molar-refractivity contribution in [2.45, 2.75) is 18.9 Å². The van der Waals surface area contributed by atoms with Crippen LogP contribution in [0.25, 0.3) is 0 Å². The zero-order valence-electron chi connectivity index (χ0n) is 13.3. The lowest BCUT2D eigenvalue weighted by atomic mass is 10.1. The number of aromatic nitrogens is 2. The zero-order valence-corrected chi connectivity index (χ0v) is 13.3. The first-order valence-electron chi connectivity index (χ1n) is 7.68. The first kappa shape index (κ1) is 16.0. The molecule has 6 heteroatoms. The number of nitrogens with zero attached hydrogens (tertiary/aromatic N) is 2. The van der Waals surface area contributed by atoms with Crippen molar-refractivity contribution in [2.24, 2.45) is 7.05 Å². The molecule has 0 aliphatic heterocycles. The normalized spacial score (nSPS) is 12.1. The van der Waals surface area contributed by atoms with Crippen LogP contribution >= 0.6 is 0 Å². The molecule has 0 radical (unpaired) electrons. The van der Waals surface area contributed by atoms with Crippen LogP contribution in [-0.2, 0) is 18.3 Å². The topological polar surface area (TPSA) is 60.1 Å². The molecule has 0 aliphatic rings. The van der Waals surface area contributed by atoms with Crippen LogP contribution in [0.1, 0.15) is 29.6 Å². The number of amides is 1. The summed E-state index contributed by atoms with van der Waals surface area (Å²) >= 11 is 0. The second-order valence-corrected chi connectivity index (χ2v) is 5.53. The van der Waals surface area contributed by atoms with Gasteiger partial charge in [-0.1, -0.05) is 12.1 Å². The molecule has 0 saturated carbocycles. The van der Waals surface area contributed by atoms with Crippen molar-refractivity contribution in [3.63, 3.8) is 0 Å². The minimum atomic E-state index is -0.509. The second kappa shape index (κ2) is 7.12. The molecule has 0 spiro atoms. The van der Waals surface area contributed by atoms with E-state index in [9.17, 15) is 9.18 Å². The number of halogens is 1. The summed E-state index contributed by atoms with van der Waals surface area (Å²) in [5.41, 5.74) is 0.649. The number of aryl methyl sites for hydroxylation is 2. The van der Waals surface area contributed by atoms with Crippen molar-refractivity contribution in [3.8, 4) is 0 Å². The van der Waals surface area contributed by atoms with Gasteiger partial charge in [-0.15, -0.1) is 0 Å². The lowest BCUT2D eigenvalue weighted by Gasteiger charge is -2.19. The predicted octanol–water partition coefficient (Wildman–Crippen LogP) is 2.99. The van der Waals surface area contributed by atoms with E-state index in [2.05, 4.69) is 10.3 Å². The van der Waals surface area contributed by atoms with Crippen LogP contribution in [0.4, 0.5) is 4.39 Å². The molecule has 0 unspecified atom stereocenters. The SMILES string of the molecule is Cn1ccnc1[C@H](NC(=O)CCc1ccco1)c1cccc(F)c1. The van der Waals surface area contributed by atoms with Crippen LogP contribution in [0.15, 0.2) is 59.5 Å². The maximum absolute atomic E-state index is 13.6. The quantitative estimate of drug-likeness (QED) is 0.757. The molecular formula is C18H18FN3O2. The highest BCUT2D eigenvalue weighted by atomic mass is 19.1. The molecule has 1 atom stereocenters. The molecule has 3 rings (SSSR count). The molecule has 124 valence electrons. The van der Waals surface area contributed by atoms with Crippen LogP contribution in [0.2, 0.25) is 0 Å². The van der Waals surface area contributed by atoms with Crippen molar-refractivity contribution in [3.05, 3.63) is 78.0 Å². The highest BCUT2D eigenvalue weighted by Gasteiger charge is 2.21. The lowest BCUT2D eigenvalue weighted by molar-refractivity contribution is -0.121. The van der Waals surface area contributed by atoms with E-state index in [1.54, 1.807) is 36.9 Å². The fourth-order valence-electron chi connectivity index (χ4n) is 2.56. The van der Waals surface area contributed by atoms with Gasteiger partial charge in [0.2, 0.25) is 5.91 Å². The molecule has 0 saturated heterocycles. The number of hydrogen-bond donors (Lipinski definition) is 1. The van der Waals surface area contributed by atoms with Crippen molar-refractivity contribution < 1.29 is 13.6 Å². The number of carbonyl (C=O) groups excluding carboxylic acids is 1. The number of nitrogens with one attached hydrogen (secondary N) is 1. The van der Waals surface area contributed by atoms with E-state index in [0.717, 1.165) is 5.76 Å². The van der Waals surface area contributed by atoms with Gasteiger partial charge in [0.05, 0.1) is 6.26 Å². The van der Waals surface area contributed by atoms with E-state index in [1.807, 2.05) is 17.7 Å². The molecule has 1 amide bonds. The molecular weight excluding hydrogens is 309 g/mol. The maximum atomic E-state index is 13.6. The van der Waals surface area contributed by atoms with Gasteiger partial charge in [0.15, 0.2) is 0 Å². The van der Waals surface area contributed by atoms with Crippen LogP contribution in [0.5, 0.6) is 0 Å². The van der Waals surface area contributed by atoms with E-state index >= 15 is 0 Å². The van der Waals surface area contributed by atoms with E-state index in [-0.39, 0.29) is 18.1 Å². The predicted molar refractivity (Wildman–Crippen MR) is 86.6 cm³/mol. The van der Waals surface area contributed by atoms with E-state index in [0.29, 0.717) is 17.8 Å². The minimum absolute atomic E-state index is 0.149. The molecule has 0 aliphatic carbocycles. The van der Waals surface area contributed by atoms with Crippen molar-refractivity contribution >= 4 is 5.91 Å². The summed E-state index contributed by atoms with van der Waals surface area (Å²) in [6.07, 6.45) is 5.81. The van der Waals surface area contributed by atoms with Crippen LogP contribution < -0.4 is 5.32 Å². The number of benzene rings is 1. The number of carbonyl (C=O) groups is 1. The summed E-state index contributed by atoms with van der Waals surface area (Å²) < 4.78 is 20.6. The summed E-state index contributed by atoms with van der Waals surface area (Å²) in [6, 6.07) is 9.28. The Balaban J connectivity index is 1.77. The van der Waals surface area contributed by atoms with Gasteiger partial charge in [-0.3, -0.25) is 4.79 Å². The molecule has 0 bridgehead atoms. The summed E-state index contributed by atoms with van der Waals surface area (Å²) in [7, 11) is 1.84. The van der Waals surface area contributed by atoms with E-state index in [1.165, 1.54) is 12.1 Å². The number of furan rings is 1. The minimum Gasteiger partial charge on any atom is -0.469 e. The molecule has 3 aromatic rings. The van der Waals surface area contributed by atoms with Crippen molar-refractivity contribution in [1.82, 2.24) is 14.9 Å². The number of imidazole rings is 1. The third kappa shape index (κ3) is 3.71. The average Bonchev–Trinajstić information content (AvgIpc) is 3.22. The Morgan fingerprint density at radius 2 is 2.25 bits per heavy atom. The molecule has 5 nitrogen and oxygen atoms in total. The van der Waals surface area contributed by atoms with Crippen LogP contribution in [0.3, 0.4) is 0 Å². The Morgan fingerprint density at radius 3 is 2.92 bits per heavy atom. The lowest BCUT2D eigenvalue weighted by Crippen LogP contribution is -2.31. The molecule has 24 heavy (non-hydrogen) atoms. The van der Waals surface area contributed by atoms with Gasteiger partial charge in [0, 0.05) is 32.3 Å². The molecule has 2 aromatic heterocycles. The van der Waals surface area contributed by atoms with E-state index in [4.69, 9.17) is 4.42 Å². The first-order chi connectivity index (χ1) is 11.6. The molecule has 1 N–H and O–H groups in total. The molecule has 1 aromatic carbocycles. The number of hydrogen-bond acceptors (Lipinski definition) is 3. The van der Waals surface area contributed by atoms with Gasteiger partial charge in [-0.2, -0.15) is 0 Å². The third-order valence-electron chi connectivity index (χ3n) is 3.78. The Bertz CT molecular complexity index is 811. The summed E-state index contributed by atoms with van der Waals surface area (Å²) in [4.78, 5) is 16.6. The van der Waals surface area contributed by atoms with Gasteiger partial charge in [-0.25, -0.2) is 9.37 Å². The Labute approximate surface area is 139 Å². The van der Waals surface area contributed by atoms with Crippen molar-refractivity contribution in [1.29, 1.82) is 0 Å². The Hall–Kier alpha value is -2.89. The zero-order chi connectivity index (χ0) is 16.9. The fourth-order valence-corrected chi connectivity index (χ4v) is 2.56. The van der Waals surface area contributed by atoms with E-state index < -0.39 is 6.04 Å². The van der Waals surface area contributed by atoms with Crippen LogP contribution in [-0.4, -0.2) is 15.5 Å². The Morgan fingerprint density at radius 1 is 1.38 bits per heavy atom. The molecule has 0 fully saturated rings. The van der Waals surface area contributed by atoms with Gasteiger partial charge in [0.1, 0.15) is 23.4 Å². The van der Waals surface area contributed by atoms with Gasteiger partial charge >= 0.3 is 0 Å². The summed E-state index contributed by atoms with van der Waals surface area (Å²) in [5.74, 6) is 0.900. The monoisotopic (exact) mass is 327 g/mol. The van der Waals surface area contributed by atoms with Crippen LogP contribution in [0, 0.1) is 5.82 Å². The van der Waals surface area contributed by atoms with Gasteiger partial charge in [0.25, 0.3) is 0 Å². The highest BCUT2D eigenvalue weighted by Crippen LogP contribution is 2.21. The van der Waals surface area contributed by atoms with Gasteiger partial charge < -0.3 is 14.3 Å². The highest BCUT2D eigenvalue weighted by molar-refractivity contribution is 5.77. The third-order valence-corrected chi connectivity index (χ3v) is 3.78. The second-order valence-electron chi connectivity index (χ2n) is 5.53. The smallest absolute Gasteiger partial charge is 0.221 e. The summed E-state index contributed by atoms with van der Waals surface area (Å²) in [5, 5.41) is 2.94. The fraction of sp³-hybridized carbons (Fsp3) is 0.222. The molecule has 2 heterocycles. The first-order valence-corrected chi connectivity index (χ1v) is 7.68.